The maximum atomic E-state index is 9.22. The molecule has 1 aromatic heterocycles. The summed E-state index contributed by atoms with van der Waals surface area (Å²) in [6, 6.07) is 40.1. The van der Waals surface area contributed by atoms with Crippen LogP contribution in [0.5, 0.6) is 0 Å². The van der Waals surface area contributed by atoms with E-state index < -0.39 is 36.3 Å². The van der Waals surface area contributed by atoms with Gasteiger partial charge in [-0.05, 0) is 100 Å². The maximum absolute atomic E-state index is 9.22. The molecule has 236 valence electrons. The van der Waals surface area contributed by atoms with Crippen LogP contribution in [0, 0.1) is 0 Å². The summed E-state index contributed by atoms with van der Waals surface area (Å²) in [5, 5.41) is 8.60. The van der Waals surface area contributed by atoms with Crippen LogP contribution in [0.3, 0.4) is 0 Å². The summed E-state index contributed by atoms with van der Waals surface area (Å²) in [6.45, 7) is 0. The van der Waals surface area contributed by atoms with Crippen molar-refractivity contribution in [3.63, 3.8) is 0 Å². The Morgan fingerprint density at radius 1 is 0.373 bits per heavy atom. The van der Waals surface area contributed by atoms with Crippen molar-refractivity contribution in [3.05, 3.63) is 182 Å². The van der Waals surface area contributed by atoms with Gasteiger partial charge in [0.2, 0.25) is 0 Å². The molecule has 0 saturated carbocycles. The molecule has 10 aromatic carbocycles. The summed E-state index contributed by atoms with van der Waals surface area (Å²) in [7, 11) is 0. The Hall–Kier alpha value is -6.70. The highest BCUT2D eigenvalue weighted by Gasteiger charge is 2.20. The Morgan fingerprint density at radius 3 is 1.71 bits per heavy atom. The van der Waals surface area contributed by atoms with E-state index in [2.05, 4.69) is 97.1 Å². The molecule has 0 saturated heterocycles. The highest BCUT2D eigenvalue weighted by molar-refractivity contribution is 6.25. The van der Waals surface area contributed by atoms with Crippen molar-refractivity contribution in [2.75, 3.05) is 0 Å². The SMILES string of the molecule is [2H]c1c([2H])c(-c2ccc3c(-c4c5ccccc5c(-c5cccc6ccccc56)c5ccccc45)cccc3c2)c2c(oc3c4c([2H])c([2H])c([2H])c([2H])c4c([2H])c([2H])c32)c1[2H]. The molecule has 0 fully saturated rings. The number of fused-ring (bicyclic) bond motifs is 9. The van der Waals surface area contributed by atoms with Gasteiger partial charge in [-0.15, -0.1) is 0 Å². The number of benzene rings is 10. The molecule has 51 heavy (non-hydrogen) atoms. The maximum Gasteiger partial charge on any atom is 0.143 e. The molecule has 1 heteroatoms. The minimum Gasteiger partial charge on any atom is -0.455 e. The Kier molecular flexibility index (Phi) is 4.43. The van der Waals surface area contributed by atoms with Crippen LogP contribution in [0.2, 0.25) is 0 Å². The molecule has 0 unspecified atom stereocenters. The van der Waals surface area contributed by atoms with Crippen molar-refractivity contribution in [1.29, 1.82) is 0 Å². The fourth-order valence-corrected chi connectivity index (χ4v) is 7.99. The minimum absolute atomic E-state index is 0.0580. The highest BCUT2D eigenvalue weighted by Crippen LogP contribution is 2.47. The van der Waals surface area contributed by atoms with Gasteiger partial charge in [0.1, 0.15) is 11.2 Å². The highest BCUT2D eigenvalue weighted by atomic mass is 16.3. The van der Waals surface area contributed by atoms with Gasteiger partial charge in [-0.3, -0.25) is 0 Å². The minimum atomic E-state index is -0.531. The first kappa shape index (κ1) is 20.7. The molecule has 0 bridgehead atoms. The second-order valence-electron chi connectivity index (χ2n) is 12.9. The predicted molar refractivity (Wildman–Crippen MR) is 218 cm³/mol. The van der Waals surface area contributed by atoms with E-state index in [4.69, 9.17) is 15.4 Å². The molecule has 0 radical (unpaired) electrons. The van der Waals surface area contributed by atoms with Gasteiger partial charge in [0, 0.05) is 16.2 Å². The lowest BCUT2D eigenvalue weighted by atomic mass is 9.83. The average Bonchev–Trinajstić information content (AvgIpc) is 3.67. The molecule has 11 rings (SSSR count). The topological polar surface area (TPSA) is 13.1 Å². The summed E-state index contributed by atoms with van der Waals surface area (Å²) >= 11 is 0. The molecule has 11 aromatic rings. The summed E-state index contributed by atoms with van der Waals surface area (Å²) in [5.41, 5.74) is 5.02. The summed E-state index contributed by atoms with van der Waals surface area (Å²) in [5.74, 6) is 0. The monoisotopic (exact) mass is 655 g/mol. The van der Waals surface area contributed by atoms with E-state index in [0.717, 1.165) is 49.0 Å². The van der Waals surface area contributed by atoms with Gasteiger partial charge in [0.25, 0.3) is 0 Å². The first-order valence-corrected chi connectivity index (χ1v) is 16.9. The van der Waals surface area contributed by atoms with Crippen molar-refractivity contribution >= 4 is 75.8 Å². The van der Waals surface area contributed by atoms with Gasteiger partial charge in [0.05, 0.1) is 12.3 Å². The first-order valence-electron chi connectivity index (χ1n) is 21.4. The molecule has 1 nitrogen and oxygen atoms in total. The molecule has 0 N–H and O–H groups in total. The Bertz CT molecular complexity index is 3660. The van der Waals surface area contributed by atoms with Crippen LogP contribution in [-0.2, 0) is 0 Å². The standard InChI is InChI=1S/C50H30O/c1-3-16-35-31(12-1)14-9-23-39(35)47-41-18-5-7-20-43(41)48(44-21-8-6-19-42(44)47)40-24-10-15-33-30-34(27-28-36(33)40)37-22-11-25-46-49(37)45-29-26-32-13-2-4-17-38(32)50(45)51-46/h1-30H/i2D,4D,11D,13D,17D,22D,25D,26D,29D. The molecule has 0 aliphatic carbocycles. The lowest BCUT2D eigenvalue weighted by Crippen LogP contribution is -1.92. The van der Waals surface area contributed by atoms with Crippen LogP contribution in [0.1, 0.15) is 12.3 Å². The zero-order chi connectivity index (χ0) is 41.3. The molecule has 0 aliphatic rings. The van der Waals surface area contributed by atoms with Crippen LogP contribution >= 0.6 is 0 Å². The van der Waals surface area contributed by atoms with E-state index in [9.17, 15) is 1.37 Å². The Labute approximate surface area is 307 Å². The number of hydrogen-bond acceptors (Lipinski definition) is 1. The zero-order valence-electron chi connectivity index (χ0n) is 36.0. The van der Waals surface area contributed by atoms with Crippen LogP contribution in [0.15, 0.2) is 186 Å². The van der Waals surface area contributed by atoms with Crippen LogP contribution in [0.25, 0.3) is 109 Å². The van der Waals surface area contributed by atoms with Crippen molar-refractivity contribution in [3.8, 4) is 33.4 Å². The van der Waals surface area contributed by atoms with E-state index in [0.29, 0.717) is 5.56 Å². The van der Waals surface area contributed by atoms with Gasteiger partial charge < -0.3 is 4.42 Å². The second kappa shape index (κ2) is 10.9. The normalized spacial score (nSPS) is 14.4. The van der Waals surface area contributed by atoms with Crippen molar-refractivity contribution in [2.45, 2.75) is 0 Å². The summed E-state index contributed by atoms with van der Waals surface area (Å²) in [6.07, 6.45) is 0. The molecular formula is C50H30O. The summed E-state index contributed by atoms with van der Waals surface area (Å²) in [4.78, 5) is 0. The van der Waals surface area contributed by atoms with Crippen molar-refractivity contribution < 1.29 is 16.8 Å². The number of hydrogen-bond donors (Lipinski definition) is 0. The van der Waals surface area contributed by atoms with Crippen molar-refractivity contribution in [2.24, 2.45) is 0 Å². The fraction of sp³-hybridized carbons (Fsp3) is 0. The van der Waals surface area contributed by atoms with Gasteiger partial charge in [-0.1, -0.05) is 164 Å². The molecule has 1 heterocycles. The smallest absolute Gasteiger partial charge is 0.143 e. The molecule has 0 atom stereocenters. The second-order valence-corrected chi connectivity index (χ2v) is 12.9. The third-order valence-corrected chi connectivity index (χ3v) is 10.2. The van der Waals surface area contributed by atoms with Crippen LogP contribution < -0.4 is 0 Å². The Morgan fingerprint density at radius 2 is 0.980 bits per heavy atom. The fourth-order valence-electron chi connectivity index (χ4n) is 7.99. The van der Waals surface area contributed by atoms with E-state index in [1.54, 1.807) is 0 Å². The largest absolute Gasteiger partial charge is 0.455 e. The Balaban J connectivity index is 1.19. The summed E-state index contributed by atoms with van der Waals surface area (Å²) < 4.78 is 85.1. The lowest BCUT2D eigenvalue weighted by molar-refractivity contribution is 0.673. The molecule has 0 amide bonds. The average molecular weight is 656 g/mol. The predicted octanol–water partition coefficient (Wildman–Crippen LogP) is 14.4. The van der Waals surface area contributed by atoms with E-state index in [1.165, 1.54) is 16.3 Å². The number of rotatable bonds is 3. The van der Waals surface area contributed by atoms with Gasteiger partial charge in [-0.25, -0.2) is 0 Å². The van der Waals surface area contributed by atoms with Crippen LogP contribution in [0.4, 0.5) is 0 Å². The van der Waals surface area contributed by atoms with E-state index in [-0.39, 0.29) is 56.4 Å². The molecular weight excluding hydrogens is 617 g/mol. The van der Waals surface area contributed by atoms with Crippen LogP contribution in [-0.4, -0.2) is 0 Å². The van der Waals surface area contributed by atoms with E-state index in [1.807, 2.05) is 30.3 Å². The van der Waals surface area contributed by atoms with E-state index >= 15 is 0 Å². The zero-order valence-corrected chi connectivity index (χ0v) is 27.0. The van der Waals surface area contributed by atoms with Gasteiger partial charge in [-0.2, -0.15) is 0 Å². The number of furan rings is 1. The third-order valence-electron chi connectivity index (χ3n) is 10.2. The first-order chi connectivity index (χ1) is 29.1. The molecule has 0 aliphatic heterocycles. The lowest BCUT2D eigenvalue weighted by Gasteiger charge is -2.20. The van der Waals surface area contributed by atoms with Crippen molar-refractivity contribution in [1.82, 2.24) is 0 Å². The van der Waals surface area contributed by atoms with Gasteiger partial charge >= 0.3 is 0 Å². The van der Waals surface area contributed by atoms with Gasteiger partial charge in [0.15, 0.2) is 0 Å². The third kappa shape index (κ3) is 4.16. The molecule has 0 spiro atoms. The quantitative estimate of drug-likeness (QED) is 0.173.